The lowest BCUT2D eigenvalue weighted by atomic mass is 9.97. The van der Waals surface area contributed by atoms with Crippen LogP contribution in [0.3, 0.4) is 0 Å². The van der Waals surface area contributed by atoms with Crippen molar-refractivity contribution >= 4 is 39.4 Å². The van der Waals surface area contributed by atoms with Crippen LogP contribution in [-0.4, -0.2) is 7.05 Å². The largest absolute Gasteiger partial charge is 0.313 e. The van der Waals surface area contributed by atoms with Crippen molar-refractivity contribution in [3.05, 3.63) is 82.4 Å². The minimum Gasteiger partial charge on any atom is -0.313 e. The fraction of sp³-hybridized carbons (Fsp3) is 0.238. The Morgan fingerprint density at radius 3 is 2.54 bits per heavy atom. The zero-order chi connectivity index (χ0) is 16.2. The summed E-state index contributed by atoms with van der Waals surface area (Å²) in [6.45, 7) is 2.16. The lowest BCUT2D eigenvalue weighted by Gasteiger charge is -2.17. The molecule has 0 aliphatic heterocycles. The Morgan fingerprint density at radius 2 is 1.79 bits per heavy atom. The van der Waals surface area contributed by atoms with Crippen molar-refractivity contribution < 1.29 is 0 Å². The van der Waals surface area contributed by atoms with Gasteiger partial charge in [-0.05, 0) is 66.4 Å². The van der Waals surface area contributed by atoms with Crippen LogP contribution in [0.25, 0.3) is 10.8 Å². The van der Waals surface area contributed by atoms with Gasteiger partial charge in [-0.3, -0.25) is 0 Å². The average molecular weight is 405 g/mol. The molecule has 0 heterocycles. The smallest absolute Gasteiger partial charge is 0.0409 e. The molecule has 0 aliphatic rings. The van der Waals surface area contributed by atoms with Gasteiger partial charge in [-0.25, -0.2) is 0 Å². The highest BCUT2D eigenvalue weighted by Gasteiger charge is 2.10. The maximum absolute atomic E-state index is 6.12. The fourth-order valence-electron chi connectivity index (χ4n) is 3.16. The molecule has 3 heteroatoms. The molecule has 0 aromatic heterocycles. The Bertz CT molecular complexity index is 816. The molecule has 3 rings (SSSR count). The molecule has 0 radical (unpaired) electrons. The van der Waals surface area contributed by atoms with Crippen LogP contribution in [0, 0.1) is 6.92 Å². The van der Waals surface area contributed by atoms with E-state index < -0.39 is 0 Å². The number of aryl methyl sites for hydroxylation is 2. The van der Waals surface area contributed by atoms with E-state index in [1.165, 1.54) is 27.5 Å². The fourth-order valence-corrected chi connectivity index (χ4v) is 3.36. The van der Waals surface area contributed by atoms with E-state index in [1.807, 2.05) is 25.2 Å². The minimum absolute atomic E-state index is 0. The van der Waals surface area contributed by atoms with Gasteiger partial charge >= 0.3 is 0 Å². The average Bonchev–Trinajstić information content (AvgIpc) is 2.56. The molecule has 0 amide bonds. The number of benzene rings is 3. The summed E-state index contributed by atoms with van der Waals surface area (Å²) in [5.41, 5.74) is 3.96. The van der Waals surface area contributed by atoms with Crippen LogP contribution in [0.5, 0.6) is 0 Å². The molecule has 0 saturated carbocycles. The van der Waals surface area contributed by atoms with E-state index in [9.17, 15) is 0 Å². The standard InChI is InChI=1S/C21H22ClN.BrH/c1-15-5-3-6-17-13-16(9-11-20(15)17)10-12-21(23-2)18-7-4-8-19(22)14-18;/h3-9,11,13-14,21,23H,10,12H2,1-2H3;1H. The lowest BCUT2D eigenvalue weighted by molar-refractivity contribution is 0.549. The van der Waals surface area contributed by atoms with Gasteiger partial charge in [0.2, 0.25) is 0 Å². The van der Waals surface area contributed by atoms with Crippen LogP contribution in [0.1, 0.15) is 29.2 Å². The van der Waals surface area contributed by atoms with E-state index in [0.29, 0.717) is 6.04 Å². The van der Waals surface area contributed by atoms with Crippen molar-refractivity contribution in [3.63, 3.8) is 0 Å². The number of fused-ring (bicyclic) bond motifs is 1. The van der Waals surface area contributed by atoms with Gasteiger partial charge in [-0.2, -0.15) is 0 Å². The van der Waals surface area contributed by atoms with E-state index in [0.717, 1.165) is 17.9 Å². The Kier molecular flexibility index (Phi) is 6.85. The molecule has 1 atom stereocenters. The van der Waals surface area contributed by atoms with Crippen molar-refractivity contribution in [1.82, 2.24) is 5.32 Å². The maximum Gasteiger partial charge on any atom is 0.0409 e. The van der Waals surface area contributed by atoms with E-state index in [1.54, 1.807) is 0 Å². The van der Waals surface area contributed by atoms with Crippen LogP contribution in [0.15, 0.2) is 60.7 Å². The summed E-state index contributed by atoms with van der Waals surface area (Å²) in [5.74, 6) is 0. The van der Waals surface area contributed by atoms with Crippen LogP contribution >= 0.6 is 28.6 Å². The van der Waals surface area contributed by atoms with Gasteiger partial charge in [0.1, 0.15) is 0 Å². The second-order valence-corrected chi connectivity index (χ2v) is 6.50. The molecule has 1 unspecified atom stereocenters. The zero-order valence-electron chi connectivity index (χ0n) is 14.1. The SMILES string of the molecule is Br.CNC(CCc1ccc2c(C)cccc2c1)c1cccc(Cl)c1. The molecule has 0 spiro atoms. The molecule has 0 aliphatic carbocycles. The quantitative estimate of drug-likeness (QED) is 0.528. The monoisotopic (exact) mass is 403 g/mol. The highest BCUT2D eigenvalue weighted by molar-refractivity contribution is 8.93. The van der Waals surface area contributed by atoms with Gasteiger partial charge in [-0.15, -0.1) is 17.0 Å². The molecular formula is C21H23BrClN. The van der Waals surface area contributed by atoms with E-state index in [2.05, 4.69) is 54.7 Å². The van der Waals surface area contributed by atoms with Gasteiger partial charge in [0.05, 0.1) is 0 Å². The molecule has 3 aromatic carbocycles. The summed E-state index contributed by atoms with van der Waals surface area (Å²) in [6, 6.07) is 21.7. The van der Waals surface area contributed by atoms with Crippen molar-refractivity contribution in [2.24, 2.45) is 0 Å². The molecule has 0 saturated heterocycles. The molecule has 24 heavy (non-hydrogen) atoms. The molecule has 0 fully saturated rings. The highest BCUT2D eigenvalue weighted by atomic mass is 79.9. The summed E-state index contributed by atoms with van der Waals surface area (Å²) < 4.78 is 0. The van der Waals surface area contributed by atoms with E-state index in [4.69, 9.17) is 11.6 Å². The summed E-state index contributed by atoms with van der Waals surface area (Å²) in [6.07, 6.45) is 2.09. The number of rotatable bonds is 5. The third-order valence-corrected chi connectivity index (χ3v) is 4.72. The second kappa shape index (κ2) is 8.66. The van der Waals surface area contributed by atoms with Crippen LogP contribution in [-0.2, 0) is 6.42 Å². The van der Waals surface area contributed by atoms with Crippen molar-refractivity contribution in [2.45, 2.75) is 25.8 Å². The van der Waals surface area contributed by atoms with Gasteiger partial charge in [0.25, 0.3) is 0 Å². The Labute approximate surface area is 159 Å². The number of halogens is 2. The Morgan fingerprint density at radius 1 is 1.00 bits per heavy atom. The van der Waals surface area contributed by atoms with Crippen LogP contribution in [0.4, 0.5) is 0 Å². The summed E-state index contributed by atoms with van der Waals surface area (Å²) in [4.78, 5) is 0. The summed E-state index contributed by atoms with van der Waals surface area (Å²) in [7, 11) is 2.01. The van der Waals surface area contributed by atoms with Crippen LogP contribution < -0.4 is 5.32 Å². The van der Waals surface area contributed by atoms with Gasteiger partial charge in [0.15, 0.2) is 0 Å². The number of hydrogen-bond donors (Lipinski definition) is 1. The zero-order valence-corrected chi connectivity index (χ0v) is 16.5. The van der Waals surface area contributed by atoms with Crippen molar-refractivity contribution in [3.8, 4) is 0 Å². The first kappa shape index (κ1) is 19.0. The third kappa shape index (κ3) is 4.38. The van der Waals surface area contributed by atoms with E-state index in [-0.39, 0.29) is 17.0 Å². The molecule has 1 nitrogen and oxygen atoms in total. The van der Waals surface area contributed by atoms with Gasteiger partial charge in [0, 0.05) is 11.1 Å². The van der Waals surface area contributed by atoms with Gasteiger partial charge < -0.3 is 5.32 Å². The highest BCUT2D eigenvalue weighted by Crippen LogP contribution is 2.24. The molecular weight excluding hydrogens is 382 g/mol. The molecule has 3 aromatic rings. The Balaban J connectivity index is 0.00000208. The first-order chi connectivity index (χ1) is 11.2. The Hall–Kier alpha value is -1.35. The van der Waals surface area contributed by atoms with Crippen LogP contribution in [0.2, 0.25) is 5.02 Å². The van der Waals surface area contributed by atoms with E-state index >= 15 is 0 Å². The molecule has 1 N–H and O–H groups in total. The third-order valence-electron chi connectivity index (χ3n) is 4.48. The molecule has 126 valence electrons. The number of hydrogen-bond acceptors (Lipinski definition) is 1. The maximum atomic E-state index is 6.12. The normalized spacial score (nSPS) is 12.0. The summed E-state index contributed by atoms with van der Waals surface area (Å²) >= 11 is 6.12. The first-order valence-electron chi connectivity index (χ1n) is 8.08. The molecule has 0 bridgehead atoms. The first-order valence-corrected chi connectivity index (χ1v) is 8.46. The van der Waals surface area contributed by atoms with Gasteiger partial charge in [-0.1, -0.05) is 60.1 Å². The number of nitrogens with one attached hydrogen (secondary N) is 1. The summed E-state index contributed by atoms with van der Waals surface area (Å²) in [5, 5.41) is 6.87. The predicted octanol–water partition coefficient (Wildman–Crippen LogP) is 6.27. The van der Waals surface area contributed by atoms with Crippen molar-refractivity contribution in [2.75, 3.05) is 7.05 Å². The minimum atomic E-state index is 0. The topological polar surface area (TPSA) is 12.0 Å². The second-order valence-electron chi connectivity index (χ2n) is 6.07. The lowest BCUT2D eigenvalue weighted by Crippen LogP contribution is -2.17. The van der Waals surface area contributed by atoms with Crippen molar-refractivity contribution in [1.29, 1.82) is 0 Å². The predicted molar refractivity (Wildman–Crippen MR) is 111 cm³/mol.